The molecule has 0 amide bonds. The maximum absolute atomic E-state index is 8.78. The summed E-state index contributed by atoms with van der Waals surface area (Å²) in [7, 11) is 0. The lowest BCUT2D eigenvalue weighted by atomic mass is 9.75. The molecule has 1 fully saturated rings. The lowest BCUT2D eigenvalue weighted by Crippen LogP contribution is -2.19. The van der Waals surface area contributed by atoms with Crippen LogP contribution in [0.1, 0.15) is 50.2 Å². The predicted octanol–water partition coefficient (Wildman–Crippen LogP) is 4.93. The maximum atomic E-state index is 8.78. The molecule has 108 valence electrons. The van der Waals surface area contributed by atoms with Crippen LogP contribution in [0.2, 0.25) is 0 Å². The van der Waals surface area contributed by atoms with E-state index in [0.717, 1.165) is 11.5 Å². The van der Waals surface area contributed by atoms with Gasteiger partial charge < -0.3 is 0 Å². The molecule has 1 saturated carbocycles. The summed E-state index contributed by atoms with van der Waals surface area (Å²) in [5.74, 6) is 8.68. The topological polar surface area (TPSA) is 23.8 Å². The van der Waals surface area contributed by atoms with Crippen LogP contribution in [-0.2, 0) is 0 Å². The lowest BCUT2D eigenvalue weighted by molar-refractivity contribution is 0.254. The highest BCUT2D eigenvalue weighted by atomic mass is 14.3. The van der Waals surface area contributed by atoms with Gasteiger partial charge in [0.1, 0.15) is 0 Å². The number of hydrogen-bond donors (Lipinski definition) is 0. The number of hydrogen-bond acceptors (Lipinski definition) is 1. The van der Waals surface area contributed by atoms with E-state index in [1.807, 2.05) is 24.3 Å². The summed E-state index contributed by atoms with van der Waals surface area (Å²) >= 11 is 0. The van der Waals surface area contributed by atoms with Crippen molar-refractivity contribution in [1.82, 2.24) is 0 Å². The minimum absolute atomic E-state index is 0.527. The van der Waals surface area contributed by atoms with Gasteiger partial charge in [0.05, 0.1) is 11.6 Å². The molecule has 0 heterocycles. The zero-order valence-corrected chi connectivity index (χ0v) is 12.8. The minimum atomic E-state index is 0.527. The highest BCUT2D eigenvalue weighted by Crippen LogP contribution is 2.35. The van der Waals surface area contributed by atoms with Crippen LogP contribution >= 0.6 is 0 Å². The molecule has 1 atom stereocenters. The summed E-state index contributed by atoms with van der Waals surface area (Å²) in [6.07, 6.45) is 8.30. The molecule has 1 aromatic rings. The third-order valence-electron chi connectivity index (χ3n) is 4.59. The standard InChI is InChI=1S/C20H23N/c1-3-19(4-2)20-13-11-17(12-14-20)6-5-16-7-9-18(15-21)10-8-16/h3,7-10,17,19-20H,1,4,11-14H2,2H3/t17-,19?,20-. The highest BCUT2D eigenvalue weighted by Gasteiger charge is 2.24. The van der Waals surface area contributed by atoms with Crippen molar-refractivity contribution in [1.29, 1.82) is 5.26 Å². The molecule has 1 unspecified atom stereocenters. The zero-order valence-electron chi connectivity index (χ0n) is 12.8. The molecule has 1 aliphatic carbocycles. The first-order valence-electron chi connectivity index (χ1n) is 7.91. The number of nitriles is 1. The van der Waals surface area contributed by atoms with Crippen molar-refractivity contribution < 1.29 is 0 Å². The van der Waals surface area contributed by atoms with Gasteiger partial charge in [-0.15, -0.1) is 6.58 Å². The Morgan fingerprint density at radius 2 is 1.81 bits per heavy atom. The van der Waals surface area contributed by atoms with Crippen LogP contribution in [0.15, 0.2) is 36.9 Å². The molecular weight excluding hydrogens is 254 g/mol. The quantitative estimate of drug-likeness (QED) is 0.568. The third-order valence-corrected chi connectivity index (χ3v) is 4.59. The fourth-order valence-electron chi connectivity index (χ4n) is 3.20. The first kappa shape index (κ1) is 15.4. The number of allylic oxidation sites excluding steroid dienone is 1. The number of rotatable bonds is 3. The van der Waals surface area contributed by atoms with Gasteiger partial charge in [-0.3, -0.25) is 0 Å². The molecule has 1 aliphatic rings. The molecule has 0 aromatic heterocycles. The van der Waals surface area contributed by atoms with Crippen LogP contribution in [0.5, 0.6) is 0 Å². The second-order valence-corrected chi connectivity index (χ2v) is 5.88. The van der Waals surface area contributed by atoms with Gasteiger partial charge >= 0.3 is 0 Å². The van der Waals surface area contributed by atoms with Crippen LogP contribution in [0.3, 0.4) is 0 Å². The summed E-state index contributed by atoms with van der Waals surface area (Å²) in [6.45, 7) is 6.22. The zero-order chi connectivity index (χ0) is 15.1. The molecule has 0 bridgehead atoms. The molecular formula is C20H23N. The van der Waals surface area contributed by atoms with E-state index < -0.39 is 0 Å². The average molecular weight is 277 g/mol. The lowest BCUT2D eigenvalue weighted by Gasteiger charge is -2.30. The fourth-order valence-corrected chi connectivity index (χ4v) is 3.20. The summed E-state index contributed by atoms with van der Waals surface area (Å²) in [5.41, 5.74) is 1.70. The molecule has 2 rings (SSSR count). The Labute approximate surface area is 128 Å². The second kappa shape index (κ2) is 7.70. The van der Waals surface area contributed by atoms with Gasteiger partial charge in [0.2, 0.25) is 0 Å². The van der Waals surface area contributed by atoms with Gasteiger partial charge in [0, 0.05) is 11.5 Å². The predicted molar refractivity (Wildman–Crippen MR) is 87.5 cm³/mol. The largest absolute Gasteiger partial charge is 0.192 e. The number of nitrogens with zero attached hydrogens (tertiary/aromatic N) is 1. The second-order valence-electron chi connectivity index (χ2n) is 5.88. The monoisotopic (exact) mass is 277 g/mol. The highest BCUT2D eigenvalue weighted by molar-refractivity contribution is 5.40. The SMILES string of the molecule is C=CC(CC)[C@H]1CC[C@H](C#Cc2ccc(C#N)cc2)CC1. The summed E-state index contributed by atoms with van der Waals surface area (Å²) in [4.78, 5) is 0. The van der Waals surface area contributed by atoms with Gasteiger partial charge in [0.25, 0.3) is 0 Å². The van der Waals surface area contributed by atoms with Gasteiger partial charge in [-0.2, -0.15) is 5.26 Å². The van der Waals surface area contributed by atoms with Gasteiger partial charge in [-0.05, 0) is 68.2 Å². The first-order valence-corrected chi connectivity index (χ1v) is 7.91. The van der Waals surface area contributed by atoms with Crippen molar-refractivity contribution in [3.63, 3.8) is 0 Å². The maximum Gasteiger partial charge on any atom is 0.0991 e. The van der Waals surface area contributed by atoms with Crippen LogP contribution in [-0.4, -0.2) is 0 Å². The molecule has 0 saturated heterocycles. The van der Waals surface area contributed by atoms with E-state index in [-0.39, 0.29) is 0 Å². The Hall–Kier alpha value is -1.99. The summed E-state index contributed by atoms with van der Waals surface area (Å²) in [5, 5.41) is 8.78. The molecule has 21 heavy (non-hydrogen) atoms. The molecule has 0 radical (unpaired) electrons. The summed E-state index contributed by atoms with van der Waals surface area (Å²) in [6, 6.07) is 9.66. The van der Waals surface area contributed by atoms with E-state index >= 15 is 0 Å². The Morgan fingerprint density at radius 3 is 2.33 bits per heavy atom. The molecule has 1 nitrogen and oxygen atoms in total. The van der Waals surface area contributed by atoms with E-state index in [2.05, 4.69) is 37.5 Å². The van der Waals surface area contributed by atoms with Crippen molar-refractivity contribution in [2.75, 3.05) is 0 Å². The van der Waals surface area contributed by atoms with Crippen molar-refractivity contribution in [2.45, 2.75) is 39.0 Å². The van der Waals surface area contributed by atoms with Crippen LogP contribution < -0.4 is 0 Å². The van der Waals surface area contributed by atoms with Crippen molar-refractivity contribution in [2.24, 2.45) is 17.8 Å². The van der Waals surface area contributed by atoms with E-state index in [1.165, 1.54) is 32.1 Å². The van der Waals surface area contributed by atoms with Gasteiger partial charge in [0.15, 0.2) is 0 Å². The van der Waals surface area contributed by atoms with Crippen molar-refractivity contribution in [3.05, 3.63) is 48.0 Å². The minimum Gasteiger partial charge on any atom is -0.192 e. The van der Waals surface area contributed by atoms with E-state index in [9.17, 15) is 0 Å². The van der Waals surface area contributed by atoms with Crippen LogP contribution in [0.4, 0.5) is 0 Å². The smallest absolute Gasteiger partial charge is 0.0991 e. The Morgan fingerprint density at radius 1 is 1.19 bits per heavy atom. The molecule has 0 aliphatic heterocycles. The van der Waals surface area contributed by atoms with Gasteiger partial charge in [-0.25, -0.2) is 0 Å². The van der Waals surface area contributed by atoms with E-state index in [0.29, 0.717) is 17.4 Å². The van der Waals surface area contributed by atoms with Crippen molar-refractivity contribution in [3.8, 4) is 17.9 Å². The average Bonchev–Trinajstić information content (AvgIpc) is 2.55. The van der Waals surface area contributed by atoms with Crippen LogP contribution in [0, 0.1) is 40.9 Å². The van der Waals surface area contributed by atoms with Crippen LogP contribution in [0.25, 0.3) is 0 Å². The fraction of sp³-hybridized carbons (Fsp3) is 0.450. The van der Waals surface area contributed by atoms with Gasteiger partial charge in [-0.1, -0.05) is 24.8 Å². The normalized spacial score (nSPS) is 22.5. The van der Waals surface area contributed by atoms with E-state index in [1.54, 1.807) is 0 Å². The molecule has 0 N–H and O–H groups in total. The Balaban J connectivity index is 1.90. The number of benzene rings is 1. The molecule has 1 heteroatoms. The van der Waals surface area contributed by atoms with E-state index in [4.69, 9.17) is 5.26 Å². The Kier molecular flexibility index (Phi) is 5.65. The van der Waals surface area contributed by atoms with Crippen molar-refractivity contribution >= 4 is 0 Å². The molecule has 0 spiro atoms. The third kappa shape index (κ3) is 4.24. The first-order chi connectivity index (χ1) is 10.3. The summed E-state index contributed by atoms with van der Waals surface area (Å²) < 4.78 is 0. The Bertz CT molecular complexity index is 557. The molecule has 1 aromatic carbocycles.